The van der Waals surface area contributed by atoms with E-state index in [0.29, 0.717) is 11.3 Å². The van der Waals surface area contributed by atoms with E-state index in [0.717, 1.165) is 35.6 Å². The molecule has 6 aromatic rings. The predicted molar refractivity (Wildman–Crippen MR) is 131 cm³/mol. The zero-order valence-electron chi connectivity index (χ0n) is 18.2. The number of anilines is 2. The average molecular weight is 451 g/mol. The Bertz CT molecular complexity index is 1490. The first-order chi connectivity index (χ1) is 16.7. The lowest BCUT2D eigenvalue weighted by molar-refractivity contribution is 1.03. The Morgan fingerprint density at radius 1 is 0.794 bits per heavy atom. The Labute approximate surface area is 194 Å². The lowest BCUT2D eigenvalue weighted by atomic mass is 10.1. The molecule has 168 valence electrons. The molecule has 0 saturated heterocycles. The van der Waals surface area contributed by atoms with Crippen LogP contribution in [-0.4, -0.2) is 39.9 Å². The minimum Gasteiger partial charge on any atom is -0.368 e. The van der Waals surface area contributed by atoms with Crippen molar-refractivity contribution >= 4 is 34.1 Å². The number of nitrogens with two attached hydrogens (primary N) is 1. The molecule has 4 heterocycles. The Morgan fingerprint density at radius 3 is 2.35 bits per heavy atom. The second-order valence-electron chi connectivity index (χ2n) is 7.47. The highest BCUT2D eigenvalue weighted by Gasteiger charge is 2.06. The van der Waals surface area contributed by atoms with Gasteiger partial charge in [0.2, 0.25) is 5.95 Å². The highest BCUT2D eigenvalue weighted by molar-refractivity contribution is 5.81. The van der Waals surface area contributed by atoms with Crippen LogP contribution in [0.2, 0.25) is 0 Å². The van der Waals surface area contributed by atoms with Gasteiger partial charge in [-0.3, -0.25) is 0 Å². The maximum atomic E-state index is 5.51. The van der Waals surface area contributed by atoms with E-state index in [9.17, 15) is 0 Å². The Balaban J connectivity index is 0.000000142. The summed E-state index contributed by atoms with van der Waals surface area (Å²) >= 11 is 0. The summed E-state index contributed by atoms with van der Waals surface area (Å²) in [5.41, 5.74) is 10.9. The van der Waals surface area contributed by atoms with Crippen molar-refractivity contribution < 1.29 is 0 Å². The van der Waals surface area contributed by atoms with Crippen LogP contribution >= 0.6 is 0 Å². The molecule has 34 heavy (non-hydrogen) atoms. The number of imidazole rings is 2. The molecule has 2 aromatic carbocycles. The second kappa shape index (κ2) is 9.74. The standard InChI is InChI=1S/2C12H11N5/c1-2-4-9(5-3-1)6-13-11-10-12(15-7-14-10)17-8-16-11;13-12-14-7-9-11(17-12)16-10(15-9)6-8-4-2-1-3-5-8/h1-5,7-8H,6H2,(H2,13,14,15,16,17);1-5,7H,6H2,(H3,13,14,15,16,17). The van der Waals surface area contributed by atoms with Crippen LogP contribution in [0.25, 0.3) is 22.3 Å². The predicted octanol–water partition coefficient (Wildman–Crippen LogP) is 3.49. The molecule has 0 saturated carbocycles. The van der Waals surface area contributed by atoms with Crippen molar-refractivity contribution in [2.75, 3.05) is 11.1 Å². The molecule has 0 radical (unpaired) electrons. The van der Waals surface area contributed by atoms with Crippen LogP contribution in [0, 0.1) is 0 Å². The number of H-pyrrole nitrogens is 2. The van der Waals surface area contributed by atoms with E-state index in [1.165, 1.54) is 17.5 Å². The molecule has 0 fully saturated rings. The van der Waals surface area contributed by atoms with Gasteiger partial charge < -0.3 is 21.0 Å². The lowest BCUT2D eigenvalue weighted by Crippen LogP contribution is -2.02. The fraction of sp³-hybridized carbons (Fsp3) is 0.0833. The molecular weight excluding hydrogens is 428 g/mol. The molecule has 10 nitrogen and oxygen atoms in total. The molecule has 0 unspecified atom stereocenters. The second-order valence-corrected chi connectivity index (χ2v) is 7.47. The van der Waals surface area contributed by atoms with E-state index in [4.69, 9.17) is 5.73 Å². The molecule has 10 heteroatoms. The summed E-state index contributed by atoms with van der Waals surface area (Å²) in [4.78, 5) is 30.9. The Kier molecular flexibility index (Phi) is 6.02. The van der Waals surface area contributed by atoms with Gasteiger partial charge in [0, 0.05) is 13.0 Å². The first kappa shape index (κ1) is 21.0. The summed E-state index contributed by atoms with van der Waals surface area (Å²) < 4.78 is 0. The quantitative estimate of drug-likeness (QED) is 0.312. The largest absolute Gasteiger partial charge is 0.368 e. The van der Waals surface area contributed by atoms with Gasteiger partial charge in [-0.2, -0.15) is 4.98 Å². The number of nitrogens with zero attached hydrogens (tertiary/aromatic N) is 6. The molecule has 4 aromatic heterocycles. The minimum absolute atomic E-state index is 0.246. The molecule has 0 aliphatic carbocycles. The number of benzene rings is 2. The highest BCUT2D eigenvalue weighted by Crippen LogP contribution is 2.15. The van der Waals surface area contributed by atoms with Crippen LogP contribution in [0.4, 0.5) is 11.8 Å². The number of fused-ring (bicyclic) bond motifs is 2. The van der Waals surface area contributed by atoms with Gasteiger partial charge in [-0.25, -0.2) is 24.9 Å². The normalized spacial score (nSPS) is 10.7. The number of nitrogen functional groups attached to an aromatic ring is 1. The van der Waals surface area contributed by atoms with Gasteiger partial charge in [-0.15, -0.1) is 0 Å². The third-order valence-corrected chi connectivity index (χ3v) is 5.05. The average Bonchev–Trinajstić information content (AvgIpc) is 3.51. The summed E-state index contributed by atoms with van der Waals surface area (Å²) in [7, 11) is 0. The van der Waals surface area contributed by atoms with E-state index in [1.807, 2.05) is 36.4 Å². The van der Waals surface area contributed by atoms with Crippen molar-refractivity contribution in [1.29, 1.82) is 0 Å². The van der Waals surface area contributed by atoms with Crippen LogP contribution in [0.3, 0.4) is 0 Å². The van der Waals surface area contributed by atoms with E-state index < -0.39 is 0 Å². The van der Waals surface area contributed by atoms with Crippen molar-refractivity contribution in [1.82, 2.24) is 39.9 Å². The molecule has 0 atom stereocenters. The topological polar surface area (TPSA) is 147 Å². The minimum atomic E-state index is 0.246. The van der Waals surface area contributed by atoms with Crippen LogP contribution in [-0.2, 0) is 13.0 Å². The smallest absolute Gasteiger partial charge is 0.222 e. The third-order valence-electron chi connectivity index (χ3n) is 5.05. The number of aromatic amines is 2. The molecule has 5 N–H and O–H groups in total. The SMILES string of the molecule is Nc1ncc2[nH]c(Cc3ccccc3)nc2n1.c1ccc(CNc2ncnc3nc[nH]c23)cc1. The van der Waals surface area contributed by atoms with E-state index in [2.05, 4.69) is 69.5 Å². The first-order valence-corrected chi connectivity index (χ1v) is 10.7. The number of hydrogen-bond acceptors (Lipinski definition) is 8. The summed E-state index contributed by atoms with van der Waals surface area (Å²) in [5, 5.41) is 3.27. The number of aromatic nitrogens is 8. The summed E-state index contributed by atoms with van der Waals surface area (Å²) in [6.07, 6.45) is 5.53. The van der Waals surface area contributed by atoms with Crippen LogP contribution in [0.1, 0.15) is 17.0 Å². The molecule has 0 aliphatic rings. The molecule has 0 spiro atoms. The number of nitrogens with one attached hydrogen (secondary N) is 3. The van der Waals surface area contributed by atoms with Crippen LogP contribution in [0.5, 0.6) is 0 Å². The lowest BCUT2D eigenvalue weighted by Gasteiger charge is -2.05. The monoisotopic (exact) mass is 450 g/mol. The summed E-state index contributed by atoms with van der Waals surface area (Å²) in [5.74, 6) is 1.89. The third kappa shape index (κ3) is 4.96. The fourth-order valence-electron chi connectivity index (χ4n) is 3.42. The van der Waals surface area contributed by atoms with Gasteiger partial charge in [0.25, 0.3) is 0 Å². The maximum Gasteiger partial charge on any atom is 0.222 e. The summed E-state index contributed by atoms with van der Waals surface area (Å²) in [6.45, 7) is 0.728. The van der Waals surface area contributed by atoms with Crippen LogP contribution < -0.4 is 11.1 Å². The van der Waals surface area contributed by atoms with Crippen molar-refractivity contribution in [2.45, 2.75) is 13.0 Å². The number of hydrogen-bond donors (Lipinski definition) is 4. The highest BCUT2D eigenvalue weighted by atomic mass is 15.1. The van der Waals surface area contributed by atoms with Crippen molar-refractivity contribution in [3.8, 4) is 0 Å². The fourth-order valence-corrected chi connectivity index (χ4v) is 3.42. The van der Waals surface area contributed by atoms with Gasteiger partial charge in [0.15, 0.2) is 17.1 Å². The Hall–Kier alpha value is -4.86. The molecule has 6 rings (SSSR count). The van der Waals surface area contributed by atoms with Gasteiger partial charge in [-0.1, -0.05) is 60.7 Å². The number of rotatable bonds is 5. The van der Waals surface area contributed by atoms with Gasteiger partial charge in [0.05, 0.1) is 12.5 Å². The summed E-state index contributed by atoms with van der Waals surface area (Å²) in [6, 6.07) is 20.3. The van der Waals surface area contributed by atoms with E-state index >= 15 is 0 Å². The van der Waals surface area contributed by atoms with Gasteiger partial charge in [-0.05, 0) is 11.1 Å². The van der Waals surface area contributed by atoms with Crippen molar-refractivity contribution in [2.24, 2.45) is 0 Å². The molecule has 0 bridgehead atoms. The molecule has 0 amide bonds. The van der Waals surface area contributed by atoms with E-state index in [1.54, 1.807) is 12.5 Å². The Morgan fingerprint density at radius 2 is 1.56 bits per heavy atom. The van der Waals surface area contributed by atoms with Crippen LogP contribution in [0.15, 0.2) is 79.5 Å². The maximum absolute atomic E-state index is 5.51. The zero-order chi connectivity index (χ0) is 23.2. The van der Waals surface area contributed by atoms with Crippen molar-refractivity contribution in [3.05, 3.63) is 96.5 Å². The van der Waals surface area contributed by atoms with E-state index in [-0.39, 0.29) is 5.95 Å². The van der Waals surface area contributed by atoms with Gasteiger partial charge >= 0.3 is 0 Å². The first-order valence-electron chi connectivity index (χ1n) is 10.7. The molecule has 0 aliphatic heterocycles. The van der Waals surface area contributed by atoms with Crippen molar-refractivity contribution in [3.63, 3.8) is 0 Å². The van der Waals surface area contributed by atoms with Gasteiger partial charge in [0.1, 0.15) is 23.2 Å². The molecular formula is C24H22N10. The zero-order valence-corrected chi connectivity index (χ0v) is 18.2.